The van der Waals surface area contributed by atoms with E-state index >= 15 is 0 Å². The predicted octanol–water partition coefficient (Wildman–Crippen LogP) is 3.99. The summed E-state index contributed by atoms with van der Waals surface area (Å²) >= 11 is 6.10. The van der Waals surface area contributed by atoms with Crippen molar-refractivity contribution in [2.75, 3.05) is 6.54 Å². The first-order chi connectivity index (χ1) is 8.76. The van der Waals surface area contributed by atoms with E-state index in [0.717, 1.165) is 18.0 Å². The summed E-state index contributed by atoms with van der Waals surface area (Å²) in [5, 5.41) is 2.10. The van der Waals surface area contributed by atoms with Gasteiger partial charge in [-0.05, 0) is 37.1 Å². The van der Waals surface area contributed by atoms with Crippen LogP contribution in [0.2, 0.25) is 5.02 Å². The zero-order valence-electron chi connectivity index (χ0n) is 11.0. The number of fused-ring (bicyclic) bond motifs is 1. The van der Waals surface area contributed by atoms with Gasteiger partial charge in [0.25, 0.3) is 0 Å². The summed E-state index contributed by atoms with van der Waals surface area (Å²) in [6, 6.07) is 6.13. The number of nitrogens with zero attached hydrogens (tertiary/aromatic N) is 1. The summed E-state index contributed by atoms with van der Waals surface area (Å²) in [6.07, 6.45) is 6.90. The van der Waals surface area contributed by atoms with Crippen molar-refractivity contribution in [2.45, 2.75) is 39.2 Å². The lowest BCUT2D eigenvalue weighted by atomic mass is 10.1. The molecule has 0 spiro atoms. The van der Waals surface area contributed by atoms with E-state index in [1.807, 2.05) is 6.07 Å². The van der Waals surface area contributed by atoms with Crippen LogP contribution in [-0.4, -0.2) is 11.1 Å². The van der Waals surface area contributed by atoms with E-state index in [9.17, 15) is 0 Å². The lowest BCUT2D eigenvalue weighted by molar-refractivity contribution is 0.615. The molecule has 0 fully saturated rings. The van der Waals surface area contributed by atoms with Crippen LogP contribution in [0.3, 0.4) is 0 Å². The third kappa shape index (κ3) is 2.88. The van der Waals surface area contributed by atoms with Crippen molar-refractivity contribution in [1.82, 2.24) is 4.57 Å². The molecule has 2 aromatic rings. The Morgan fingerprint density at radius 1 is 1.28 bits per heavy atom. The summed E-state index contributed by atoms with van der Waals surface area (Å²) in [7, 11) is 0. The topological polar surface area (TPSA) is 30.9 Å². The van der Waals surface area contributed by atoms with Crippen LogP contribution in [0.1, 0.15) is 31.7 Å². The molecule has 0 radical (unpaired) electrons. The number of hydrogen-bond donors (Lipinski definition) is 1. The molecule has 98 valence electrons. The molecule has 0 amide bonds. The molecule has 0 bridgehead atoms. The van der Waals surface area contributed by atoms with E-state index < -0.39 is 0 Å². The zero-order chi connectivity index (χ0) is 13.0. The van der Waals surface area contributed by atoms with Gasteiger partial charge in [-0.25, -0.2) is 0 Å². The third-order valence-electron chi connectivity index (χ3n) is 3.34. The molecule has 0 saturated carbocycles. The SMILES string of the molecule is CCCCCn1cc(CCN)c2ccc(Cl)cc21. The van der Waals surface area contributed by atoms with Gasteiger partial charge in [-0.3, -0.25) is 0 Å². The van der Waals surface area contributed by atoms with Crippen LogP contribution in [0.15, 0.2) is 24.4 Å². The van der Waals surface area contributed by atoms with E-state index in [-0.39, 0.29) is 0 Å². The second kappa shape index (κ2) is 6.26. The van der Waals surface area contributed by atoms with Gasteiger partial charge in [0, 0.05) is 28.7 Å². The molecule has 2 nitrogen and oxygen atoms in total. The Bertz CT molecular complexity index is 516. The normalized spacial score (nSPS) is 11.3. The predicted molar refractivity (Wildman–Crippen MR) is 79.2 cm³/mol. The van der Waals surface area contributed by atoms with Gasteiger partial charge < -0.3 is 10.3 Å². The quantitative estimate of drug-likeness (QED) is 0.786. The largest absolute Gasteiger partial charge is 0.347 e. The van der Waals surface area contributed by atoms with Crippen LogP contribution in [-0.2, 0) is 13.0 Å². The summed E-state index contributed by atoms with van der Waals surface area (Å²) < 4.78 is 2.32. The van der Waals surface area contributed by atoms with Gasteiger partial charge in [0.2, 0.25) is 0 Å². The van der Waals surface area contributed by atoms with Gasteiger partial charge in [0.1, 0.15) is 0 Å². The first-order valence-corrected chi connectivity index (χ1v) is 7.11. The first-order valence-electron chi connectivity index (χ1n) is 6.73. The molecule has 2 N–H and O–H groups in total. The summed E-state index contributed by atoms with van der Waals surface area (Å²) in [6.45, 7) is 3.98. The van der Waals surface area contributed by atoms with Crippen molar-refractivity contribution in [3.05, 3.63) is 35.0 Å². The number of hydrogen-bond acceptors (Lipinski definition) is 1. The van der Waals surface area contributed by atoms with Crippen molar-refractivity contribution in [1.29, 1.82) is 0 Å². The molecule has 3 heteroatoms. The fraction of sp³-hybridized carbons (Fsp3) is 0.467. The van der Waals surface area contributed by atoms with Crippen molar-refractivity contribution in [3.63, 3.8) is 0 Å². The molecule has 0 aliphatic rings. The minimum Gasteiger partial charge on any atom is -0.347 e. The molecule has 2 rings (SSSR count). The lowest BCUT2D eigenvalue weighted by Crippen LogP contribution is -2.02. The standard InChI is InChI=1S/C15H21ClN2/c1-2-3-4-9-18-11-12(7-8-17)14-6-5-13(16)10-15(14)18/h5-6,10-11H,2-4,7-9,17H2,1H3. The molecular formula is C15H21ClN2. The maximum Gasteiger partial charge on any atom is 0.0498 e. The number of rotatable bonds is 6. The van der Waals surface area contributed by atoms with Crippen LogP contribution >= 0.6 is 11.6 Å². The Balaban J connectivity index is 2.35. The van der Waals surface area contributed by atoms with Crippen LogP contribution in [0.25, 0.3) is 10.9 Å². The summed E-state index contributed by atoms with van der Waals surface area (Å²) in [5.74, 6) is 0. The van der Waals surface area contributed by atoms with Crippen molar-refractivity contribution >= 4 is 22.5 Å². The molecule has 0 aliphatic heterocycles. The fourth-order valence-corrected chi connectivity index (χ4v) is 2.58. The van der Waals surface area contributed by atoms with E-state index in [2.05, 4.69) is 29.8 Å². The highest BCUT2D eigenvalue weighted by atomic mass is 35.5. The van der Waals surface area contributed by atoms with Gasteiger partial charge >= 0.3 is 0 Å². The molecule has 0 aliphatic carbocycles. The Morgan fingerprint density at radius 3 is 2.83 bits per heavy atom. The van der Waals surface area contributed by atoms with Crippen LogP contribution in [0.4, 0.5) is 0 Å². The molecule has 0 atom stereocenters. The lowest BCUT2D eigenvalue weighted by Gasteiger charge is -2.04. The van der Waals surface area contributed by atoms with E-state index in [1.165, 1.54) is 35.7 Å². The van der Waals surface area contributed by atoms with Gasteiger partial charge in [-0.15, -0.1) is 0 Å². The molecular weight excluding hydrogens is 244 g/mol. The van der Waals surface area contributed by atoms with E-state index in [4.69, 9.17) is 17.3 Å². The summed E-state index contributed by atoms with van der Waals surface area (Å²) in [5.41, 5.74) is 8.25. The van der Waals surface area contributed by atoms with Crippen molar-refractivity contribution in [2.24, 2.45) is 5.73 Å². The fourth-order valence-electron chi connectivity index (χ4n) is 2.41. The number of benzene rings is 1. The second-order valence-corrected chi connectivity index (χ2v) is 5.19. The Kier molecular flexibility index (Phi) is 4.67. The number of nitrogens with two attached hydrogens (primary N) is 1. The van der Waals surface area contributed by atoms with E-state index in [0.29, 0.717) is 6.54 Å². The van der Waals surface area contributed by atoms with Crippen LogP contribution < -0.4 is 5.73 Å². The number of halogens is 1. The Labute approximate surface area is 114 Å². The summed E-state index contributed by atoms with van der Waals surface area (Å²) in [4.78, 5) is 0. The van der Waals surface area contributed by atoms with Gasteiger partial charge in [-0.1, -0.05) is 37.4 Å². The molecule has 0 saturated heterocycles. The van der Waals surface area contributed by atoms with Crippen molar-refractivity contribution < 1.29 is 0 Å². The minimum absolute atomic E-state index is 0.691. The molecule has 1 heterocycles. The van der Waals surface area contributed by atoms with Gasteiger partial charge in [-0.2, -0.15) is 0 Å². The smallest absolute Gasteiger partial charge is 0.0498 e. The molecule has 1 aromatic carbocycles. The maximum absolute atomic E-state index is 6.10. The van der Waals surface area contributed by atoms with Gasteiger partial charge in [0.15, 0.2) is 0 Å². The third-order valence-corrected chi connectivity index (χ3v) is 3.58. The maximum atomic E-state index is 6.10. The highest BCUT2D eigenvalue weighted by Crippen LogP contribution is 2.25. The monoisotopic (exact) mass is 264 g/mol. The van der Waals surface area contributed by atoms with E-state index in [1.54, 1.807) is 0 Å². The second-order valence-electron chi connectivity index (χ2n) is 4.75. The van der Waals surface area contributed by atoms with Crippen LogP contribution in [0, 0.1) is 0 Å². The molecule has 18 heavy (non-hydrogen) atoms. The Morgan fingerprint density at radius 2 is 2.11 bits per heavy atom. The number of aryl methyl sites for hydroxylation is 1. The number of unbranched alkanes of at least 4 members (excludes halogenated alkanes) is 2. The first kappa shape index (κ1) is 13.4. The zero-order valence-corrected chi connectivity index (χ0v) is 11.7. The minimum atomic E-state index is 0.691. The van der Waals surface area contributed by atoms with Gasteiger partial charge in [0.05, 0.1) is 0 Å². The highest BCUT2D eigenvalue weighted by molar-refractivity contribution is 6.31. The highest BCUT2D eigenvalue weighted by Gasteiger charge is 2.08. The molecule has 1 aromatic heterocycles. The molecule has 0 unspecified atom stereocenters. The van der Waals surface area contributed by atoms with Crippen LogP contribution in [0.5, 0.6) is 0 Å². The average Bonchev–Trinajstić information content (AvgIpc) is 2.68. The average molecular weight is 265 g/mol. The number of aromatic nitrogens is 1. The Hall–Kier alpha value is -0.990. The van der Waals surface area contributed by atoms with Crippen molar-refractivity contribution in [3.8, 4) is 0 Å².